The summed E-state index contributed by atoms with van der Waals surface area (Å²) in [6, 6.07) is 0. The number of nitrogens with zero attached hydrogens (tertiary/aromatic N) is 1. The number of hydrogen-bond acceptors (Lipinski definition) is 3. The van der Waals surface area contributed by atoms with Crippen LogP contribution in [0.2, 0.25) is 0 Å². The van der Waals surface area contributed by atoms with Gasteiger partial charge >= 0.3 is 5.97 Å². The Morgan fingerprint density at radius 1 is 1.54 bits per heavy atom. The van der Waals surface area contributed by atoms with Gasteiger partial charge in [-0.25, -0.2) is 0 Å². The quantitative estimate of drug-likeness (QED) is 0.250. The van der Waals surface area contributed by atoms with Crippen molar-refractivity contribution >= 4 is 11.8 Å². The van der Waals surface area contributed by atoms with Crippen molar-refractivity contribution in [3.05, 3.63) is 0 Å². The summed E-state index contributed by atoms with van der Waals surface area (Å²) in [5.74, 6) is 4.11. The molecule has 1 atom stereocenters. The molecule has 5 nitrogen and oxygen atoms in total. The zero-order chi connectivity index (χ0) is 10.4. The Bertz CT molecular complexity index is 202. The van der Waals surface area contributed by atoms with Gasteiger partial charge in [0.15, 0.2) is 0 Å². The van der Waals surface area contributed by atoms with E-state index in [2.05, 4.69) is 5.10 Å². The molecule has 0 fully saturated rings. The van der Waals surface area contributed by atoms with Crippen molar-refractivity contribution in [2.75, 3.05) is 0 Å². The topological polar surface area (TPSA) is 102 Å². The highest BCUT2D eigenvalue weighted by atomic mass is 16.4. The molecule has 0 aromatic heterocycles. The molecule has 13 heavy (non-hydrogen) atoms. The van der Waals surface area contributed by atoms with Crippen LogP contribution in [0, 0.1) is 11.8 Å². The SMILES string of the molecule is CC(C)CC(C/C(N)=N/N)C(=O)O. The highest BCUT2D eigenvalue weighted by molar-refractivity contribution is 5.84. The first-order chi connectivity index (χ1) is 5.97. The van der Waals surface area contributed by atoms with Gasteiger partial charge in [0.05, 0.1) is 5.92 Å². The Hall–Kier alpha value is -1.26. The van der Waals surface area contributed by atoms with E-state index in [1.807, 2.05) is 13.8 Å². The van der Waals surface area contributed by atoms with Crippen LogP contribution in [-0.4, -0.2) is 16.9 Å². The third-order valence-corrected chi connectivity index (χ3v) is 1.73. The molecule has 0 spiro atoms. The monoisotopic (exact) mass is 187 g/mol. The molecule has 5 heteroatoms. The van der Waals surface area contributed by atoms with Gasteiger partial charge in [-0.05, 0) is 12.3 Å². The minimum atomic E-state index is -0.847. The van der Waals surface area contributed by atoms with Crippen molar-refractivity contribution in [3.63, 3.8) is 0 Å². The van der Waals surface area contributed by atoms with Crippen LogP contribution in [0.4, 0.5) is 0 Å². The van der Waals surface area contributed by atoms with Crippen molar-refractivity contribution in [2.45, 2.75) is 26.7 Å². The van der Waals surface area contributed by atoms with Crippen molar-refractivity contribution in [1.82, 2.24) is 0 Å². The molecule has 0 aliphatic heterocycles. The number of aliphatic carboxylic acids is 1. The maximum absolute atomic E-state index is 10.7. The van der Waals surface area contributed by atoms with E-state index in [4.69, 9.17) is 16.7 Å². The van der Waals surface area contributed by atoms with Gasteiger partial charge in [0.25, 0.3) is 0 Å². The highest BCUT2D eigenvalue weighted by Crippen LogP contribution is 2.15. The van der Waals surface area contributed by atoms with Crippen molar-refractivity contribution in [1.29, 1.82) is 0 Å². The zero-order valence-corrected chi connectivity index (χ0v) is 8.03. The van der Waals surface area contributed by atoms with E-state index in [9.17, 15) is 4.79 Å². The van der Waals surface area contributed by atoms with Crippen LogP contribution >= 0.6 is 0 Å². The van der Waals surface area contributed by atoms with E-state index >= 15 is 0 Å². The number of hydrazone groups is 1. The predicted molar refractivity (Wildman–Crippen MR) is 51.0 cm³/mol. The third kappa shape index (κ3) is 5.05. The molecule has 0 heterocycles. The fourth-order valence-corrected chi connectivity index (χ4v) is 1.15. The highest BCUT2D eigenvalue weighted by Gasteiger charge is 2.19. The summed E-state index contributed by atoms with van der Waals surface area (Å²) in [7, 11) is 0. The maximum atomic E-state index is 10.7. The standard InChI is InChI=1S/C8H17N3O2/c1-5(2)3-6(8(12)13)4-7(9)11-10/h5-6H,3-4,10H2,1-2H3,(H2,9,11)(H,12,13). The van der Waals surface area contributed by atoms with Gasteiger partial charge in [0.2, 0.25) is 0 Å². The number of amidine groups is 1. The lowest BCUT2D eigenvalue weighted by atomic mass is 9.94. The Labute approximate surface area is 77.8 Å². The number of hydrogen-bond donors (Lipinski definition) is 3. The molecule has 0 saturated heterocycles. The van der Waals surface area contributed by atoms with Crippen LogP contribution in [0.5, 0.6) is 0 Å². The molecule has 0 amide bonds. The molecule has 0 aromatic rings. The number of carboxylic acids is 1. The molecule has 0 aromatic carbocycles. The van der Waals surface area contributed by atoms with Gasteiger partial charge in [-0.1, -0.05) is 13.8 Å². The minimum Gasteiger partial charge on any atom is -0.481 e. The predicted octanol–water partition coefficient (Wildman–Crippen LogP) is 0.354. The zero-order valence-electron chi connectivity index (χ0n) is 8.03. The van der Waals surface area contributed by atoms with Crippen LogP contribution in [0.1, 0.15) is 26.7 Å². The lowest BCUT2D eigenvalue weighted by Crippen LogP contribution is -2.25. The summed E-state index contributed by atoms with van der Waals surface area (Å²) in [6.45, 7) is 3.93. The molecule has 0 bridgehead atoms. The first kappa shape index (κ1) is 11.7. The molecule has 0 radical (unpaired) electrons. The van der Waals surface area contributed by atoms with Gasteiger partial charge in [-0.2, -0.15) is 5.10 Å². The number of carboxylic acid groups (broad SMARTS) is 1. The summed E-state index contributed by atoms with van der Waals surface area (Å²) in [6.07, 6.45) is 0.815. The number of carbonyl (C=O) groups is 1. The summed E-state index contributed by atoms with van der Waals surface area (Å²) in [5, 5.41) is 12.1. The van der Waals surface area contributed by atoms with Crippen LogP contribution in [-0.2, 0) is 4.79 Å². The summed E-state index contributed by atoms with van der Waals surface area (Å²) in [5.41, 5.74) is 5.35. The lowest BCUT2D eigenvalue weighted by Gasteiger charge is -2.13. The van der Waals surface area contributed by atoms with E-state index in [1.54, 1.807) is 0 Å². The van der Waals surface area contributed by atoms with Crippen molar-refractivity contribution in [2.24, 2.45) is 28.5 Å². The van der Waals surface area contributed by atoms with E-state index in [-0.39, 0.29) is 12.3 Å². The maximum Gasteiger partial charge on any atom is 0.306 e. The Morgan fingerprint density at radius 3 is 2.38 bits per heavy atom. The normalized spacial score (nSPS) is 14.5. The molecule has 0 rings (SSSR count). The summed E-state index contributed by atoms with van der Waals surface area (Å²) in [4.78, 5) is 10.7. The number of nitrogens with two attached hydrogens (primary N) is 2. The van der Waals surface area contributed by atoms with Gasteiger partial charge in [-0.15, -0.1) is 0 Å². The van der Waals surface area contributed by atoms with E-state index in [0.29, 0.717) is 12.3 Å². The van der Waals surface area contributed by atoms with E-state index in [1.165, 1.54) is 0 Å². The second-order valence-electron chi connectivity index (χ2n) is 3.49. The average molecular weight is 187 g/mol. The molecule has 1 unspecified atom stereocenters. The summed E-state index contributed by atoms with van der Waals surface area (Å²) >= 11 is 0. The molecular formula is C8H17N3O2. The molecule has 0 aliphatic carbocycles. The van der Waals surface area contributed by atoms with Crippen LogP contribution in [0.25, 0.3) is 0 Å². The van der Waals surface area contributed by atoms with Crippen molar-refractivity contribution in [3.8, 4) is 0 Å². The molecule has 0 aliphatic rings. The lowest BCUT2D eigenvalue weighted by molar-refractivity contribution is -0.142. The Morgan fingerprint density at radius 2 is 2.08 bits per heavy atom. The molecule has 76 valence electrons. The Balaban J connectivity index is 4.18. The van der Waals surface area contributed by atoms with Crippen LogP contribution < -0.4 is 11.6 Å². The average Bonchev–Trinajstić information content (AvgIpc) is 2.02. The van der Waals surface area contributed by atoms with Gasteiger partial charge in [0.1, 0.15) is 5.84 Å². The second kappa shape index (κ2) is 5.40. The van der Waals surface area contributed by atoms with E-state index in [0.717, 1.165) is 0 Å². The van der Waals surface area contributed by atoms with Crippen molar-refractivity contribution < 1.29 is 9.90 Å². The largest absolute Gasteiger partial charge is 0.481 e. The van der Waals surface area contributed by atoms with Gasteiger partial charge in [0, 0.05) is 6.42 Å². The fraction of sp³-hybridized carbons (Fsp3) is 0.750. The van der Waals surface area contributed by atoms with Crippen LogP contribution in [0.3, 0.4) is 0 Å². The fourth-order valence-electron chi connectivity index (χ4n) is 1.15. The third-order valence-electron chi connectivity index (χ3n) is 1.73. The molecular weight excluding hydrogens is 170 g/mol. The molecule has 0 saturated carbocycles. The van der Waals surface area contributed by atoms with E-state index < -0.39 is 11.9 Å². The smallest absolute Gasteiger partial charge is 0.306 e. The number of rotatable bonds is 5. The van der Waals surface area contributed by atoms with Gasteiger partial charge in [-0.3, -0.25) is 4.79 Å². The molecule has 5 N–H and O–H groups in total. The van der Waals surface area contributed by atoms with Gasteiger partial charge < -0.3 is 16.7 Å². The summed E-state index contributed by atoms with van der Waals surface area (Å²) < 4.78 is 0. The first-order valence-electron chi connectivity index (χ1n) is 4.22. The second-order valence-corrected chi connectivity index (χ2v) is 3.49. The minimum absolute atomic E-state index is 0.188. The van der Waals surface area contributed by atoms with Crippen LogP contribution in [0.15, 0.2) is 5.10 Å². The first-order valence-corrected chi connectivity index (χ1v) is 4.22. The Kier molecular flexibility index (Phi) is 4.87.